The van der Waals surface area contributed by atoms with Gasteiger partial charge in [0.1, 0.15) is 5.75 Å². The highest BCUT2D eigenvalue weighted by Gasteiger charge is 2.28. The van der Waals surface area contributed by atoms with Crippen LogP contribution in [0.1, 0.15) is 30.4 Å². The lowest BCUT2D eigenvalue weighted by Crippen LogP contribution is -2.46. The number of rotatable bonds is 8. The molecule has 29 heavy (non-hydrogen) atoms. The first kappa shape index (κ1) is 20.9. The molecular formula is C24H30N2O3. The maximum atomic E-state index is 12.6. The maximum absolute atomic E-state index is 12.6. The minimum atomic E-state index is -0.124. The molecule has 3 rings (SSSR count). The third-order valence-corrected chi connectivity index (χ3v) is 5.22. The molecular weight excluding hydrogens is 364 g/mol. The van der Waals surface area contributed by atoms with Crippen LogP contribution in [0.25, 0.3) is 0 Å². The average Bonchev–Trinajstić information content (AvgIpc) is 2.74. The third kappa shape index (κ3) is 6.63. The number of likely N-dealkylation sites (tertiary alicyclic amines) is 1. The standard InChI is InChI=1S/C24H30N2O3/c1-19-8-5-12-22(16-19)29-15-7-13-25-24(28)21-11-6-14-26(18-21)23(27)17-20-9-3-2-4-10-20/h2-5,8-10,12,16,21H,6-7,11,13-15,17-18H2,1H3,(H,25,28). The van der Waals surface area contributed by atoms with E-state index in [9.17, 15) is 9.59 Å². The molecule has 2 aromatic carbocycles. The molecule has 1 heterocycles. The van der Waals surface area contributed by atoms with E-state index in [2.05, 4.69) is 5.32 Å². The summed E-state index contributed by atoms with van der Waals surface area (Å²) < 4.78 is 5.72. The van der Waals surface area contributed by atoms with Crippen molar-refractivity contribution in [2.75, 3.05) is 26.2 Å². The number of benzene rings is 2. The zero-order valence-corrected chi connectivity index (χ0v) is 17.1. The van der Waals surface area contributed by atoms with Gasteiger partial charge in [0.2, 0.25) is 11.8 Å². The van der Waals surface area contributed by atoms with Crippen molar-refractivity contribution in [1.29, 1.82) is 0 Å². The van der Waals surface area contributed by atoms with Crippen LogP contribution in [0.2, 0.25) is 0 Å². The first-order valence-corrected chi connectivity index (χ1v) is 10.4. The van der Waals surface area contributed by atoms with Crippen molar-refractivity contribution in [3.8, 4) is 5.75 Å². The van der Waals surface area contributed by atoms with Gasteiger partial charge in [0, 0.05) is 19.6 Å². The Hall–Kier alpha value is -2.82. The van der Waals surface area contributed by atoms with E-state index in [4.69, 9.17) is 4.74 Å². The summed E-state index contributed by atoms with van der Waals surface area (Å²) in [7, 11) is 0. The van der Waals surface area contributed by atoms with E-state index >= 15 is 0 Å². The molecule has 2 amide bonds. The van der Waals surface area contributed by atoms with Gasteiger partial charge in [0.05, 0.1) is 18.9 Å². The molecule has 5 nitrogen and oxygen atoms in total. The summed E-state index contributed by atoms with van der Waals surface area (Å²) in [5, 5.41) is 3.00. The molecule has 1 saturated heterocycles. The highest BCUT2D eigenvalue weighted by molar-refractivity contribution is 5.82. The number of hydrogen-bond acceptors (Lipinski definition) is 3. The monoisotopic (exact) mass is 394 g/mol. The molecule has 154 valence electrons. The Morgan fingerprint density at radius 1 is 1.14 bits per heavy atom. The number of hydrogen-bond donors (Lipinski definition) is 1. The Bertz CT molecular complexity index is 807. The number of ether oxygens (including phenoxy) is 1. The van der Waals surface area contributed by atoms with Crippen LogP contribution in [0.3, 0.4) is 0 Å². The highest BCUT2D eigenvalue weighted by Crippen LogP contribution is 2.18. The van der Waals surface area contributed by atoms with Gasteiger partial charge >= 0.3 is 0 Å². The zero-order valence-electron chi connectivity index (χ0n) is 17.1. The van der Waals surface area contributed by atoms with Crippen molar-refractivity contribution >= 4 is 11.8 Å². The van der Waals surface area contributed by atoms with E-state index in [1.807, 2.05) is 66.4 Å². The predicted octanol–water partition coefficient (Wildman–Crippen LogP) is 3.36. The van der Waals surface area contributed by atoms with E-state index in [1.54, 1.807) is 0 Å². The minimum absolute atomic E-state index is 0.0396. The van der Waals surface area contributed by atoms with Crippen molar-refractivity contribution in [2.45, 2.75) is 32.6 Å². The normalized spacial score (nSPS) is 16.3. The van der Waals surface area contributed by atoms with Gasteiger partial charge in [-0.05, 0) is 49.4 Å². The molecule has 2 aromatic rings. The SMILES string of the molecule is Cc1cccc(OCCCNC(=O)C2CCCN(C(=O)Cc3ccccc3)C2)c1. The van der Waals surface area contributed by atoms with Crippen LogP contribution in [-0.4, -0.2) is 43.0 Å². The van der Waals surface area contributed by atoms with E-state index in [0.29, 0.717) is 26.1 Å². The van der Waals surface area contributed by atoms with Crippen molar-refractivity contribution in [3.05, 3.63) is 65.7 Å². The van der Waals surface area contributed by atoms with E-state index in [1.165, 1.54) is 5.56 Å². The van der Waals surface area contributed by atoms with E-state index in [-0.39, 0.29) is 17.7 Å². The molecule has 0 aliphatic carbocycles. The highest BCUT2D eigenvalue weighted by atomic mass is 16.5. The van der Waals surface area contributed by atoms with Crippen molar-refractivity contribution in [2.24, 2.45) is 5.92 Å². The predicted molar refractivity (Wildman–Crippen MR) is 114 cm³/mol. The second kappa shape index (κ2) is 10.6. The lowest BCUT2D eigenvalue weighted by molar-refractivity contribution is -0.135. The molecule has 1 atom stereocenters. The second-order valence-electron chi connectivity index (χ2n) is 7.65. The van der Waals surface area contributed by atoms with Gasteiger partial charge in [-0.3, -0.25) is 9.59 Å². The minimum Gasteiger partial charge on any atom is -0.494 e. The Kier molecular flexibility index (Phi) is 7.68. The Morgan fingerprint density at radius 2 is 1.97 bits per heavy atom. The molecule has 0 saturated carbocycles. The van der Waals surface area contributed by atoms with Gasteiger partial charge in [0.25, 0.3) is 0 Å². The summed E-state index contributed by atoms with van der Waals surface area (Å²) in [6, 6.07) is 17.7. The average molecular weight is 395 g/mol. The van der Waals surface area contributed by atoms with Crippen molar-refractivity contribution in [3.63, 3.8) is 0 Å². The van der Waals surface area contributed by atoms with Crippen LogP contribution >= 0.6 is 0 Å². The molecule has 0 aromatic heterocycles. The van der Waals surface area contributed by atoms with Gasteiger partial charge in [-0.1, -0.05) is 42.5 Å². The molecule has 1 aliphatic heterocycles. The Morgan fingerprint density at radius 3 is 2.76 bits per heavy atom. The van der Waals surface area contributed by atoms with Crippen molar-refractivity contribution < 1.29 is 14.3 Å². The van der Waals surface area contributed by atoms with Crippen LogP contribution < -0.4 is 10.1 Å². The summed E-state index contributed by atoms with van der Waals surface area (Å²) in [5.41, 5.74) is 2.18. The summed E-state index contributed by atoms with van der Waals surface area (Å²) in [5.74, 6) is 0.871. The van der Waals surface area contributed by atoms with E-state index in [0.717, 1.165) is 37.1 Å². The first-order chi connectivity index (χ1) is 14.1. The summed E-state index contributed by atoms with van der Waals surface area (Å²) >= 11 is 0. The number of amides is 2. The smallest absolute Gasteiger partial charge is 0.227 e. The van der Waals surface area contributed by atoms with E-state index < -0.39 is 0 Å². The van der Waals surface area contributed by atoms with Crippen LogP contribution in [0.5, 0.6) is 5.75 Å². The van der Waals surface area contributed by atoms with Gasteiger partial charge in [-0.2, -0.15) is 0 Å². The fourth-order valence-electron chi connectivity index (χ4n) is 3.62. The molecule has 1 unspecified atom stereocenters. The fraction of sp³-hybridized carbons (Fsp3) is 0.417. The number of aryl methyl sites for hydroxylation is 1. The quantitative estimate of drug-likeness (QED) is 0.699. The van der Waals surface area contributed by atoms with Crippen molar-refractivity contribution in [1.82, 2.24) is 10.2 Å². The summed E-state index contributed by atoms with van der Waals surface area (Å²) in [6.45, 7) is 4.43. The zero-order chi connectivity index (χ0) is 20.5. The maximum Gasteiger partial charge on any atom is 0.227 e. The lowest BCUT2D eigenvalue weighted by Gasteiger charge is -2.32. The third-order valence-electron chi connectivity index (χ3n) is 5.22. The fourth-order valence-corrected chi connectivity index (χ4v) is 3.62. The molecule has 1 fully saturated rings. The van der Waals surface area contributed by atoms with Crippen LogP contribution in [0.15, 0.2) is 54.6 Å². The lowest BCUT2D eigenvalue weighted by atomic mass is 9.96. The van der Waals surface area contributed by atoms with Crippen LogP contribution in [0, 0.1) is 12.8 Å². The summed E-state index contributed by atoms with van der Waals surface area (Å²) in [6.07, 6.45) is 2.85. The Balaban J connectivity index is 1.37. The molecule has 0 radical (unpaired) electrons. The molecule has 0 spiro atoms. The Labute approximate surface area is 173 Å². The topological polar surface area (TPSA) is 58.6 Å². The van der Waals surface area contributed by atoms with Gasteiger partial charge < -0.3 is 15.0 Å². The van der Waals surface area contributed by atoms with Crippen LogP contribution in [-0.2, 0) is 16.0 Å². The largest absolute Gasteiger partial charge is 0.494 e. The number of piperidine rings is 1. The van der Waals surface area contributed by atoms with Gasteiger partial charge in [0.15, 0.2) is 0 Å². The molecule has 1 aliphatic rings. The summed E-state index contributed by atoms with van der Waals surface area (Å²) in [4.78, 5) is 26.9. The first-order valence-electron chi connectivity index (χ1n) is 10.4. The number of nitrogens with one attached hydrogen (secondary N) is 1. The van der Waals surface area contributed by atoms with Crippen LogP contribution in [0.4, 0.5) is 0 Å². The van der Waals surface area contributed by atoms with Gasteiger partial charge in [-0.25, -0.2) is 0 Å². The number of nitrogens with zero attached hydrogens (tertiary/aromatic N) is 1. The number of carbonyl (C=O) groups excluding carboxylic acids is 2. The molecule has 1 N–H and O–H groups in total. The molecule has 0 bridgehead atoms. The van der Waals surface area contributed by atoms with Gasteiger partial charge in [-0.15, -0.1) is 0 Å². The number of carbonyl (C=O) groups is 2. The second-order valence-corrected chi connectivity index (χ2v) is 7.65. The molecule has 5 heteroatoms.